The molecule has 10 nitrogen and oxygen atoms in total. The minimum atomic E-state index is -0.774. The molecular formula is C25H28ClN5O5S. The summed E-state index contributed by atoms with van der Waals surface area (Å²) in [4.78, 5) is 51.2. The Hall–Kier alpha value is -3.75. The van der Waals surface area contributed by atoms with Gasteiger partial charge in [0.15, 0.2) is 0 Å². The van der Waals surface area contributed by atoms with Crippen LogP contribution >= 0.6 is 23.4 Å². The molecule has 3 N–H and O–H groups in total. The zero-order valence-corrected chi connectivity index (χ0v) is 22.2. The number of hydrogen-bond donors (Lipinski definition) is 3. The van der Waals surface area contributed by atoms with Crippen molar-refractivity contribution in [3.05, 3.63) is 64.7 Å². The molecule has 0 fully saturated rings. The molecule has 2 rings (SSSR count). The van der Waals surface area contributed by atoms with E-state index in [1.807, 2.05) is 6.07 Å². The first-order valence-corrected chi connectivity index (χ1v) is 12.5. The van der Waals surface area contributed by atoms with Gasteiger partial charge >= 0.3 is 6.09 Å². The van der Waals surface area contributed by atoms with Crippen LogP contribution in [0.15, 0.2) is 53.4 Å². The van der Waals surface area contributed by atoms with E-state index < -0.39 is 30.1 Å². The summed E-state index contributed by atoms with van der Waals surface area (Å²) in [5.41, 5.74) is 4.88. The van der Waals surface area contributed by atoms with E-state index in [0.29, 0.717) is 16.1 Å². The smallest absolute Gasteiger partial charge is 0.408 e. The summed E-state index contributed by atoms with van der Waals surface area (Å²) in [6.45, 7) is 4.40. The second-order valence-electron chi connectivity index (χ2n) is 8.73. The fourth-order valence-electron chi connectivity index (χ4n) is 2.79. The third kappa shape index (κ3) is 11.2. The normalized spacial score (nSPS) is 10.6. The highest BCUT2D eigenvalue weighted by Crippen LogP contribution is 2.26. The van der Waals surface area contributed by atoms with Gasteiger partial charge in [-0.2, -0.15) is 5.26 Å². The monoisotopic (exact) mass is 545 g/mol. The first-order chi connectivity index (χ1) is 17.5. The van der Waals surface area contributed by atoms with Crippen LogP contribution in [0.2, 0.25) is 5.02 Å². The van der Waals surface area contributed by atoms with Crippen molar-refractivity contribution in [1.29, 1.82) is 5.26 Å². The van der Waals surface area contributed by atoms with Crippen molar-refractivity contribution >= 4 is 47.2 Å². The van der Waals surface area contributed by atoms with Gasteiger partial charge in [0.05, 0.1) is 22.4 Å². The minimum Gasteiger partial charge on any atom is -0.444 e. The molecule has 0 saturated carbocycles. The maximum Gasteiger partial charge on any atom is 0.408 e. The Labute approximate surface area is 224 Å². The highest BCUT2D eigenvalue weighted by molar-refractivity contribution is 8.00. The second kappa shape index (κ2) is 14.1. The van der Waals surface area contributed by atoms with Crippen LogP contribution in [0, 0.1) is 11.3 Å². The number of hydrogen-bond acceptors (Lipinski definition) is 7. The van der Waals surface area contributed by atoms with Crippen LogP contribution in [-0.2, 0) is 25.7 Å². The summed E-state index contributed by atoms with van der Waals surface area (Å²) in [6.07, 6.45) is -0.774. The fraction of sp³-hybridized carbons (Fsp3) is 0.320. The molecule has 12 heteroatoms. The Morgan fingerprint density at radius 1 is 1.03 bits per heavy atom. The standard InChI is InChI=1S/C25H28ClN5O5S/c1-25(2,3)36-24(35)28-13-21(32)29-30-22(33)15-31(14-18-10-8-17(12-27)9-11-18)23(34)16-37-20-7-5-4-6-19(20)26/h4-11H,13-16H2,1-3H3,(H,28,35)(H,29,32)(H,30,33). The van der Waals surface area contributed by atoms with E-state index >= 15 is 0 Å². The van der Waals surface area contributed by atoms with Crippen molar-refractivity contribution in [3.8, 4) is 6.07 Å². The molecule has 0 heterocycles. The van der Waals surface area contributed by atoms with Crippen molar-refractivity contribution < 1.29 is 23.9 Å². The predicted molar refractivity (Wildman–Crippen MR) is 139 cm³/mol. The molecule has 0 bridgehead atoms. The van der Waals surface area contributed by atoms with E-state index in [-0.39, 0.29) is 24.7 Å². The van der Waals surface area contributed by atoms with Crippen LogP contribution in [0.3, 0.4) is 0 Å². The molecule has 0 atom stereocenters. The van der Waals surface area contributed by atoms with E-state index in [4.69, 9.17) is 21.6 Å². The van der Waals surface area contributed by atoms with Gasteiger partial charge in [-0.1, -0.05) is 35.9 Å². The quantitative estimate of drug-likeness (QED) is 0.325. The Kier molecular flexibility index (Phi) is 11.2. The molecule has 2 aromatic rings. The van der Waals surface area contributed by atoms with Crippen LogP contribution in [-0.4, -0.2) is 53.2 Å². The average molecular weight is 546 g/mol. The lowest BCUT2D eigenvalue weighted by molar-refractivity contribution is -0.135. The van der Waals surface area contributed by atoms with Gasteiger partial charge in [0.1, 0.15) is 18.7 Å². The van der Waals surface area contributed by atoms with E-state index in [1.54, 1.807) is 69.3 Å². The number of halogens is 1. The lowest BCUT2D eigenvalue weighted by atomic mass is 10.1. The zero-order chi connectivity index (χ0) is 27.4. The number of nitrogens with one attached hydrogen (secondary N) is 3. The van der Waals surface area contributed by atoms with Crippen molar-refractivity contribution in [2.24, 2.45) is 0 Å². The van der Waals surface area contributed by atoms with Gasteiger partial charge in [0, 0.05) is 11.4 Å². The highest BCUT2D eigenvalue weighted by Gasteiger charge is 2.20. The summed E-state index contributed by atoms with van der Waals surface area (Å²) in [6, 6.07) is 15.8. The van der Waals surface area contributed by atoms with Gasteiger partial charge in [0.2, 0.25) is 5.91 Å². The number of hydrazine groups is 1. The van der Waals surface area contributed by atoms with E-state index in [9.17, 15) is 19.2 Å². The third-order valence-electron chi connectivity index (χ3n) is 4.46. The number of alkyl carbamates (subject to hydrolysis) is 1. The summed E-state index contributed by atoms with van der Waals surface area (Å²) in [5, 5.41) is 11.8. The number of carbonyl (C=O) groups is 4. The molecule has 0 aromatic heterocycles. The van der Waals surface area contributed by atoms with Crippen LogP contribution in [0.5, 0.6) is 0 Å². The Bertz CT molecular complexity index is 1160. The number of thioether (sulfide) groups is 1. The maximum absolute atomic E-state index is 13.0. The molecule has 4 amide bonds. The van der Waals surface area contributed by atoms with Crippen molar-refractivity contribution in [1.82, 2.24) is 21.1 Å². The lowest BCUT2D eigenvalue weighted by Crippen LogP contribution is -2.50. The van der Waals surface area contributed by atoms with Crippen LogP contribution in [0.1, 0.15) is 31.9 Å². The Balaban J connectivity index is 1.96. The zero-order valence-electron chi connectivity index (χ0n) is 20.7. The summed E-state index contributed by atoms with van der Waals surface area (Å²) < 4.78 is 5.04. The molecule has 2 aromatic carbocycles. The molecule has 0 radical (unpaired) electrons. The molecule has 37 heavy (non-hydrogen) atoms. The van der Waals surface area contributed by atoms with Crippen molar-refractivity contribution in [3.63, 3.8) is 0 Å². The van der Waals surface area contributed by atoms with Crippen LogP contribution in [0.25, 0.3) is 0 Å². The topological polar surface area (TPSA) is 141 Å². The molecule has 0 aliphatic heterocycles. The first kappa shape index (κ1) is 29.5. The molecule has 0 spiro atoms. The van der Waals surface area contributed by atoms with Gasteiger partial charge in [-0.05, 0) is 50.6 Å². The molecule has 0 aliphatic carbocycles. The van der Waals surface area contributed by atoms with E-state index in [1.165, 1.54) is 16.7 Å². The first-order valence-electron chi connectivity index (χ1n) is 11.2. The van der Waals surface area contributed by atoms with Gasteiger partial charge in [-0.3, -0.25) is 25.2 Å². The summed E-state index contributed by atoms with van der Waals surface area (Å²) >= 11 is 7.41. The number of nitriles is 1. The van der Waals surface area contributed by atoms with Crippen LogP contribution in [0.4, 0.5) is 4.79 Å². The number of carbonyl (C=O) groups excluding carboxylic acids is 4. The summed E-state index contributed by atoms with van der Waals surface area (Å²) in [7, 11) is 0. The molecule has 0 saturated heterocycles. The Morgan fingerprint density at radius 3 is 2.30 bits per heavy atom. The van der Waals surface area contributed by atoms with Gasteiger partial charge < -0.3 is 15.0 Å². The summed E-state index contributed by atoms with van der Waals surface area (Å²) in [5.74, 6) is -1.63. The SMILES string of the molecule is CC(C)(C)OC(=O)NCC(=O)NNC(=O)CN(Cc1ccc(C#N)cc1)C(=O)CSc1ccccc1Cl. The molecular weight excluding hydrogens is 518 g/mol. The minimum absolute atomic E-state index is 0.0272. The predicted octanol–water partition coefficient (Wildman–Crippen LogP) is 3.00. The second-order valence-corrected chi connectivity index (χ2v) is 10.2. The van der Waals surface area contributed by atoms with Gasteiger partial charge in [-0.25, -0.2) is 4.79 Å². The third-order valence-corrected chi connectivity index (χ3v) is 5.96. The fourth-order valence-corrected chi connectivity index (χ4v) is 3.93. The van der Waals surface area contributed by atoms with E-state index in [2.05, 4.69) is 16.2 Å². The average Bonchev–Trinajstić information content (AvgIpc) is 2.84. The number of rotatable bonds is 9. The number of nitrogens with zero attached hydrogens (tertiary/aromatic N) is 2. The number of benzene rings is 2. The van der Waals surface area contributed by atoms with Gasteiger partial charge in [0.25, 0.3) is 11.8 Å². The molecule has 0 aliphatic rings. The van der Waals surface area contributed by atoms with Gasteiger partial charge in [-0.15, -0.1) is 11.8 Å². The largest absolute Gasteiger partial charge is 0.444 e. The maximum atomic E-state index is 13.0. The molecule has 0 unspecified atom stereocenters. The van der Waals surface area contributed by atoms with Crippen LogP contribution < -0.4 is 16.2 Å². The Morgan fingerprint density at radius 2 is 1.68 bits per heavy atom. The highest BCUT2D eigenvalue weighted by atomic mass is 35.5. The van der Waals surface area contributed by atoms with Crippen molar-refractivity contribution in [2.45, 2.75) is 37.8 Å². The number of ether oxygens (including phenoxy) is 1. The van der Waals surface area contributed by atoms with Crippen molar-refractivity contribution in [2.75, 3.05) is 18.8 Å². The lowest BCUT2D eigenvalue weighted by Gasteiger charge is -2.23. The number of amides is 4. The van der Waals surface area contributed by atoms with E-state index in [0.717, 1.165) is 4.90 Å². The molecule has 196 valence electrons.